The van der Waals surface area contributed by atoms with Crippen molar-refractivity contribution in [3.05, 3.63) is 0 Å². The number of aliphatic hydroxyl groups is 1. The Morgan fingerprint density at radius 1 is 1.41 bits per heavy atom. The van der Waals surface area contributed by atoms with Crippen molar-refractivity contribution in [2.24, 2.45) is 5.41 Å². The highest BCUT2D eigenvalue weighted by Gasteiger charge is 2.42. The molecule has 0 aromatic carbocycles. The zero-order valence-electron chi connectivity index (χ0n) is 11.9. The van der Waals surface area contributed by atoms with Crippen LogP contribution in [0.25, 0.3) is 0 Å². The molecule has 17 heavy (non-hydrogen) atoms. The lowest BCUT2D eigenvalue weighted by Crippen LogP contribution is -2.48. The highest BCUT2D eigenvalue weighted by atomic mass is 16.3. The van der Waals surface area contributed by atoms with Crippen LogP contribution in [0.3, 0.4) is 0 Å². The minimum Gasteiger partial charge on any atom is -0.391 e. The van der Waals surface area contributed by atoms with Crippen LogP contribution in [0.5, 0.6) is 0 Å². The Balaban J connectivity index is 2.44. The monoisotopic (exact) mass is 241 g/mol. The van der Waals surface area contributed by atoms with E-state index in [1.807, 2.05) is 18.7 Å². The van der Waals surface area contributed by atoms with E-state index in [1.54, 1.807) is 0 Å². The Morgan fingerprint density at radius 2 is 2.00 bits per heavy atom. The topological polar surface area (TPSA) is 40.5 Å². The summed E-state index contributed by atoms with van der Waals surface area (Å²) in [5.74, 6) is 0.191. The molecule has 1 aliphatic heterocycles. The molecule has 0 aromatic heterocycles. The van der Waals surface area contributed by atoms with Crippen molar-refractivity contribution in [2.75, 3.05) is 6.54 Å². The third kappa shape index (κ3) is 3.70. The number of likely N-dealkylation sites (tertiary alicyclic amines) is 1. The number of nitrogens with zero attached hydrogens (tertiary/aromatic N) is 1. The fourth-order valence-corrected chi connectivity index (χ4v) is 2.42. The van der Waals surface area contributed by atoms with Gasteiger partial charge in [-0.05, 0) is 38.5 Å². The third-order valence-electron chi connectivity index (χ3n) is 3.76. The first-order chi connectivity index (χ1) is 7.64. The van der Waals surface area contributed by atoms with Gasteiger partial charge in [-0.25, -0.2) is 0 Å². The second-order valence-corrected chi connectivity index (χ2v) is 6.92. The Hall–Kier alpha value is -0.570. The minimum absolute atomic E-state index is 0.191. The lowest BCUT2D eigenvalue weighted by Gasteiger charge is -2.34. The van der Waals surface area contributed by atoms with Crippen LogP contribution >= 0.6 is 0 Å². The van der Waals surface area contributed by atoms with Gasteiger partial charge in [0, 0.05) is 13.0 Å². The molecule has 3 heteroatoms. The third-order valence-corrected chi connectivity index (χ3v) is 3.76. The Labute approximate surface area is 105 Å². The number of carbonyl (C=O) groups excluding carboxylic acids is 1. The van der Waals surface area contributed by atoms with Crippen LogP contribution in [0.1, 0.15) is 60.3 Å². The number of aliphatic hydroxyl groups excluding tert-OH is 1. The Morgan fingerprint density at radius 3 is 2.41 bits per heavy atom. The molecule has 0 bridgehead atoms. The molecule has 1 heterocycles. The summed E-state index contributed by atoms with van der Waals surface area (Å²) < 4.78 is 0. The Kier molecular flexibility index (Phi) is 4.23. The van der Waals surface area contributed by atoms with Crippen molar-refractivity contribution in [3.8, 4) is 0 Å². The average molecular weight is 241 g/mol. The predicted octanol–water partition coefficient (Wildman–Crippen LogP) is 2.57. The van der Waals surface area contributed by atoms with Crippen LogP contribution < -0.4 is 0 Å². The van der Waals surface area contributed by atoms with Crippen LogP contribution in [0.15, 0.2) is 0 Å². The van der Waals surface area contributed by atoms with Crippen molar-refractivity contribution in [3.63, 3.8) is 0 Å². The van der Waals surface area contributed by atoms with Crippen molar-refractivity contribution < 1.29 is 9.90 Å². The molecular formula is C14H27NO2. The van der Waals surface area contributed by atoms with Gasteiger partial charge in [0.1, 0.15) is 0 Å². The van der Waals surface area contributed by atoms with E-state index in [-0.39, 0.29) is 12.0 Å². The lowest BCUT2D eigenvalue weighted by atomic mass is 9.89. The van der Waals surface area contributed by atoms with Gasteiger partial charge in [-0.3, -0.25) is 4.79 Å². The SMILES string of the molecule is CC(C)(C)CCCC(=O)N1CCC(O)C1(C)C. The summed E-state index contributed by atoms with van der Waals surface area (Å²) in [5.41, 5.74) is -0.0981. The van der Waals surface area contributed by atoms with Crippen LogP contribution in [0.2, 0.25) is 0 Å². The molecule has 1 aliphatic rings. The zero-order chi connectivity index (χ0) is 13.3. The fourth-order valence-electron chi connectivity index (χ4n) is 2.42. The van der Waals surface area contributed by atoms with Crippen molar-refractivity contribution in [2.45, 2.75) is 71.9 Å². The number of amides is 1. The van der Waals surface area contributed by atoms with Gasteiger partial charge in [0.2, 0.25) is 5.91 Å². The van der Waals surface area contributed by atoms with Gasteiger partial charge >= 0.3 is 0 Å². The van der Waals surface area contributed by atoms with E-state index in [0.717, 1.165) is 12.8 Å². The summed E-state index contributed by atoms with van der Waals surface area (Å²) in [5, 5.41) is 9.84. The molecule has 1 saturated heterocycles. The van der Waals surface area contributed by atoms with Gasteiger partial charge < -0.3 is 10.0 Å². The summed E-state index contributed by atoms with van der Waals surface area (Å²) in [6.07, 6.45) is 2.93. The average Bonchev–Trinajstić information content (AvgIpc) is 2.39. The molecule has 0 aliphatic carbocycles. The molecule has 1 atom stereocenters. The first-order valence-corrected chi connectivity index (χ1v) is 6.63. The Bertz CT molecular complexity index is 278. The van der Waals surface area contributed by atoms with Gasteiger partial charge in [-0.2, -0.15) is 0 Å². The van der Waals surface area contributed by atoms with E-state index < -0.39 is 5.54 Å². The van der Waals surface area contributed by atoms with Crippen LogP contribution in [0, 0.1) is 5.41 Å². The minimum atomic E-state index is -0.390. The maximum atomic E-state index is 12.1. The standard InChI is InChI=1S/C14H27NO2/c1-13(2,3)9-6-7-12(17)15-10-8-11(16)14(15,4)5/h11,16H,6-10H2,1-5H3. The molecule has 0 saturated carbocycles. The molecular weight excluding hydrogens is 214 g/mol. The van der Waals surface area contributed by atoms with E-state index in [4.69, 9.17) is 0 Å². The first kappa shape index (κ1) is 14.5. The zero-order valence-corrected chi connectivity index (χ0v) is 11.9. The van der Waals surface area contributed by atoms with Gasteiger partial charge in [0.15, 0.2) is 0 Å². The number of carbonyl (C=O) groups is 1. The lowest BCUT2D eigenvalue weighted by molar-refractivity contribution is -0.136. The quantitative estimate of drug-likeness (QED) is 0.825. The summed E-state index contributed by atoms with van der Waals surface area (Å²) in [6, 6.07) is 0. The summed E-state index contributed by atoms with van der Waals surface area (Å²) in [6.45, 7) is 11.2. The smallest absolute Gasteiger partial charge is 0.223 e. The maximum absolute atomic E-state index is 12.1. The van der Waals surface area contributed by atoms with E-state index in [2.05, 4.69) is 20.8 Å². The number of rotatable bonds is 3. The first-order valence-electron chi connectivity index (χ1n) is 6.63. The normalized spacial score (nSPS) is 24.1. The highest BCUT2D eigenvalue weighted by molar-refractivity contribution is 5.77. The van der Waals surface area contributed by atoms with Crippen molar-refractivity contribution >= 4 is 5.91 Å². The van der Waals surface area contributed by atoms with E-state index in [0.29, 0.717) is 24.8 Å². The van der Waals surface area contributed by atoms with Gasteiger partial charge in [0.05, 0.1) is 11.6 Å². The summed E-state index contributed by atoms with van der Waals surface area (Å²) in [4.78, 5) is 14.0. The molecule has 1 rings (SSSR count). The van der Waals surface area contributed by atoms with Crippen LogP contribution in [-0.2, 0) is 4.79 Å². The molecule has 0 spiro atoms. The fraction of sp³-hybridized carbons (Fsp3) is 0.929. The molecule has 3 nitrogen and oxygen atoms in total. The van der Waals surface area contributed by atoms with Crippen LogP contribution in [-0.4, -0.2) is 34.1 Å². The van der Waals surface area contributed by atoms with Gasteiger partial charge in [-0.1, -0.05) is 20.8 Å². The van der Waals surface area contributed by atoms with Crippen molar-refractivity contribution in [1.29, 1.82) is 0 Å². The molecule has 1 N–H and O–H groups in total. The summed E-state index contributed by atoms with van der Waals surface area (Å²) in [7, 11) is 0. The maximum Gasteiger partial charge on any atom is 0.223 e. The predicted molar refractivity (Wildman–Crippen MR) is 69.7 cm³/mol. The second kappa shape index (κ2) is 4.97. The van der Waals surface area contributed by atoms with E-state index in [1.165, 1.54) is 0 Å². The molecule has 1 fully saturated rings. The summed E-state index contributed by atoms with van der Waals surface area (Å²) >= 11 is 0. The molecule has 0 radical (unpaired) electrons. The largest absolute Gasteiger partial charge is 0.391 e. The van der Waals surface area contributed by atoms with E-state index in [9.17, 15) is 9.90 Å². The van der Waals surface area contributed by atoms with E-state index >= 15 is 0 Å². The molecule has 1 unspecified atom stereocenters. The molecule has 0 aromatic rings. The number of hydrogen-bond donors (Lipinski definition) is 1. The van der Waals surface area contributed by atoms with Crippen molar-refractivity contribution in [1.82, 2.24) is 4.90 Å². The highest BCUT2D eigenvalue weighted by Crippen LogP contribution is 2.30. The van der Waals surface area contributed by atoms with Crippen LogP contribution in [0.4, 0.5) is 0 Å². The molecule has 100 valence electrons. The molecule has 1 amide bonds. The number of hydrogen-bond acceptors (Lipinski definition) is 2. The second-order valence-electron chi connectivity index (χ2n) is 6.92. The van der Waals surface area contributed by atoms with Gasteiger partial charge in [-0.15, -0.1) is 0 Å². The van der Waals surface area contributed by atoms with Gasteiger partial charge in [0.25, 0.3) is 0 Å².